The van der Waals surface area contributed by atoms with Gasteiger partial charge in [-0.15, -0.1) is 0 Å². The lowest BCUT2D eigenvalue weighted by molar-refractivity contribution is -0.137. The maximum Gasteiger partial charge on any atom is 0.225 e. The van der Waals surface area contributed by atoms with Gasteiger partial charge in [-0.1, -0.05) is 40.0 Å². The van der Waals surface area contributed by atoms with Crippen LogP contribution in [0.25, 0.3) is 0 Å². The molecule has 0 aromatic rings. The highest BCUT2D eigenvalue weighted by Gasteiger charge is 2.31. The standard InChI is InChI=1S/C18H34N2O/c1-4-5-7-16-10-17(19-11-15-8-6-9-15)13-20(12-16)18(21)14(2)3/h14-17,19H,4-13H2,1-3H3. The number of likely N-dealkylation sites (tertiary alicyclic amines) is 1. The van der Waals surface area contributed by atoms with Crippen molar-refractivity contribution in [2.75, 3.05) is 19.6 Å². The van der Waals surface area contributed by atoms with Crippen molar-refractivity contribution in [2.45, 2.75) is 71.8 Å². The third kappa shape index (κ3) is 4.98. The molecule has 1 aliphatic carbocycles. The maximum absolute atomic E-state index is 12.4. The van der Waals surface area contributed by atoms with Crippen molar-refractivity contribution in [1.82, 2.24) is 10.2 Å². The highest BCUT2D eigenvalue weighted by Crippen LogP contribution is 2.27. The van der Waals surface area contributed by atoms with Crippen molar-refractivity contribution in [3.8, 4) is 0 Å². The fraction of sp³-hybridized carbons (Fsp3) is 0.944. The summed E-state index contributed by atoms with van der Waals surface area (Å²) in [6.07, 6.45) is 9.29. The number of nitrogens with one attached hydrogen (secondary N) is 1. The number of rotatable bonds is 7. The van der Waals surface area contributed by atoms with Crippen LogP contribution in [0.15, 0.2) is 0 Å². The average Bonchev–Trinajstić information content (AvgIpc) is 2.42. The van der Waals surface area contributed by atoms with Crippen LogP contribution >= 0.6 is 0 Å². The second-order valence-electron chi connectivity index (χ2n) is 7.54. The first-order valence-electron chi connectivity index (χ1n) is 9.12. The highest BCUT2D eigenvalue weighted by molar-refractivity contribution is 5.78. The van der Waals surface area contributed by atoms with Crippen LogP contribution in [0, 0.1) is 17.8 Å². The van der Waals surface area contributed by atoms with Crippen LogP contribution in [0.1, 0.15) is 65.7 Å². The summed E-state index contributed by atoms with van der Waals surface area (Å²) >= 11 is 0. The first-order valence-corrected chi connectivity index (χ1v) is 9.12. The van der Waals surface area contributed by atoms with E-state index in [0.717, 1.165) is 25.6 Å². The minimum absolute atomic E-state index is 0.127. The van der Waals surface area contributed by atoms with Gasteiger partial charge in [-0.2, -0.15) is 0 Å². The number of amides is 1. The van der Waals surface area contributed by atoms with Crippen LogP contribution in [-0.4, -0.2) is 36.5 Å². The van der Waals surface area contributed by atoms with E-state index in [0.29, 0.717) is 17.9 Å². The molecule has 0 aromatic heterocycles. The van der Waals surface area contributed by atoms with Gasteiger partial charge in [0.05, 0.1) is 0 Å². The second-order valence-corrected chi connectivity index (χ2v) is 7.54. The number of piperidine rings is 1. The highest BCUT2D eigenvalue weighted by atomic mass is 16.2. The Labute approximate surface area is 130 Å². The molecule has 0 radical (unpaired) electrons. The molecule has 2 fully saturated rings. The number of hydrogen-bond acceptors (Lipinski definition) is 2. The molecule has 0 spiro atoms. The molecule has 0 aromatic carbocycles. The summed E-state index contributed by atoms with van der Waals surface area (Å²) in [5.74, 6) is 2.06. The second kappa shape index (κ2) is 8.17. The van der Waals surface area contributed by atoms with Crippen LogP contribution in [0.3, 0.4) is 0 Å². The quantitative estimate of drug-likeness (QED) is 0.780. The maximum atomic E-state index is 12.4. The lowest BCUT2D eigenvalue weighted by Crippen LogP contribution is -2.53. The van der Waals surface area contributed by atoms with Crippen molar-refractivity contribution >= 4 is 5.91 Å². The molecule has 3 heteroatoms. The molecule has 122 valence electrons. The predicted molar refractivity (Wildman–Crippen MR) is 88.2 cm³/mol. The summed E-state index contributed by atoms with van der Waals surface area (Å²) in [6, 6.07) is 0.518. The van der Waals surface area contributed by atoms with Gasteiger partial charge in [-0.05, 0) is 44.1 Å². The van der Waals surface area contributed by atoms with Crippen molar-refractivity contribution < 1.29 is 4.79 Å². The molecule has 2 unspecified atom stereocenters. The Kier molecular flexibility index (Phi) is 6.53. The largest absolute Gasteiger partial charge is 0.341 e. The van der Waals surface area contributed by atoms with Crippen LogP contribution in [0.5, 0.6) is 0 Å². The first kappa shape index (κ1) is 16.8. The average molecular weight is 294 g/mol. The molecule has 1 saturated heterocycles. The van der Waals surface area contributed by atoms with Gasteiger partial charge in [0.25, 0.3) is 0 Å². The van der Waals surface area contributed by atoms with Crippen molar-refractivity contribution in [1.29, 1.82) is 0 Å². The normalized spacial score (nSPS) is 27.0. The molecule has 2 aliphatic rings. The molecule has 1 aliphatic heterocycles. The van der Waals surface area contributed by atoms with E-state index < -0.39 is 0 Å². The smallest absolute Gasteiger partial charge is 0.225 e. The van der Waals surface area contributed by atoms with Crippen molar-refractivity contribution in [3.63, 3.8) is 0 Å². The number of carbonyl (C=O) groups excluding carboxylic acids is 1. The summed E-state index contributed by atoms with van der Waals surface area (Å²) in [5, 5.41) is 3.76. The number of nitrogens with zero attached hydrogens (tertiary/aromatic N) is 1. The van der Waals surface area contributed by atoms with Gasteiger partial charge in [-0.25, -0.2) is 0 Å². The van der Waals surface area contributed by atoms with Gasteiger partial charge in [0.2, 0.25) is 5.91 Å². The summed E-state index contributed by atoms with van der Waals surface area (Å²) in [7, 11) is 0. The van der Waals surface area contributed by atoms with E-state index in [1.165, 1.54) is 44.9 Å². The monoisotopic (exact) mass is 294 g/mol. The first-order chi connectivity index (χ1) is 10.1. The van der Waals surface area contributed by atoms with Crippen molar-refractivity contribution in [3.05, 3.63) is 0 Å². The third-order valence-electron chi connectivity index (χ3n) is 5.23. The molecule has 1 N–H and O–H groups in total. The zero-order valence-corrected chi connectivity index (χ0v) is 14.2. The summed E-state index contributed by atoms with van der Waals surface area (Å²) in [4.78, 5) is 14.5. The van der Waals surface area contributed by atoms with Crippen LogP contribution in [-0.2, 0) is 4.79 Å². The molecule has 1 heterocycles. The Balaban J connectivity index is 1.86. The molecule has 3 nitrogen and oxygen atoms in total. The Bertz CT molecular complexity index is 325. The zero-order chi connectivity index (χ0) is 15.2. The predicted octanol–water partition coefficient (Wildman–Crippen LogP) is 3.44. The molecule has 1 amide bonds. The lowest BCUT2D eigenvalue weighted by Gasteiger charge is -2.40. The van der Waals surface area contributed by atoms with Gasteiger partial charge in [-0.3, -0.25) is 4.79 Å². The van der Waals surface area contributed by atoms with Gasteiger partial charge in [0.15, 0.2) is 0 Å². The van der Waals surface area contributed by atoms with Crippen LogP contribution in [0.4, 0.5) is 0 Å². The topological polar surface area (TPSA) is 32.3 Å². The summed E-state index contributed by atoms with van der Waals surface area (Å²) in [5.41, 5.74) is 0. The molecular formula is C18H34N2O. The minimum Gasteiger partial charge on any atom is -0.341 e. The number of unbranched alkanes of at least 4 members (excludes halogenated alkanes) is 1. The van der Waals surface area contributed by atoms with E-state index in [1.807, 2.05) is 13.8 Å². The summed E-state index contributed by atoms with van der Waals surface area (Å²) in [6.45, 7) is 9.37. The van der Waals surface area contributed by atoms with E-state index in [9.17, 15) is 4.79 Å². The molecule has 2 rings (SSSR count). The lowest BCUT2D eigenvalue weighted by atomic mass is 9.84. The van der Waals surface area contributed by atoms with E-state index in [-0.39, 0.29) is 5.92 Å². The number of hydrogen-bond donors (Lipinski definition) is 1. The van der Waals surface area contributed by atoms with Crippen molar-refractivity contribution in [2.24, 2.45) is 17.8 Å². The van der Waals surface area contributed by atoms with Gasteiger partial charge >= 0.3 is 0 Å². The molecule has 1 saturated carbocycles. The Morgan fingerprint density at radius 2 is 2.00 bits per heavy atom. The van der Waals surface area contributed by atoms with Gasteiger partial charge < -0.3 is 10.2 Å². The molecular weight excluding hydrogens is 260 g/mol. The van der Waals surface area contributed by atoms with E-state index >= 15 is 0 Å². The fourth-order valence-corrected chi connectivity index (χ4v) is 3.63. The van der Waals surface area contributed by atoms with E-state index in [1.54, 1.807) is 0 Å². The molecule has 0 bridgehead atoms. The van der Waals surface area contributed by atoms with Crippen LogP contribution < -0.4 is 5.32 Å². The summed E-state index contributed by atoms with van der Waals surface area (Å²) < 4.78 is 0. The third-order valence-corrected chi connectivity index (χ3v) is 5.23. The van der Waals surface area contributed by atoms with Gasteiger partial charge in [0.1, 0.15) is 0 Å². The Hall–Kier alpha value is -0.570. The van der Waals surface area contributed by atoms with Gasteiger partial charge in [0, 0.05) is 25.0 Å². The SMILES string of the molecule is CCCCC1CC(NCC2CCC2)CN(C(=O)C(C)C)C1. The zero-order valence-electron chi connectivity index (χ0n) is 14.2. The molecule has 21 heavy (non-hydrogen) atoms. The molecule has 2 atom stereocenters. The number of carbonyl (C=O) groups is 1. The fourth-order valence-electron chi connectivity index (χ4n) is 3.63. The van der Waals surface area contributed by atoms with E-state index in [4.69, 9.17) is 0 Å². The Morgan fingerprint density at radius 1 is 1.24 bits per heavy atom. The van der Waals surface area contributed by atoms with E-state index in [2.05, 4.69) is 17.1 Å². The Morgan fingerprint density at radius 3 is 2.57 bits per heavy atom. The van der Waals surface area contributed by atoms with Crippen LogP contribution in [0.2, 0.25) is 0 Å². The minimum atomic E-state index is 0.127.